The average Bonchev–Trinajstić information content (AvgIpc) is 2.93. The quantitative estimate of drug-likeness (QED) is 0.816. The van der Waals surface area contributed by atoms with Crippen molar-refractivity contribution in [3.8, 4) is 0 Å². The normalized spacial score (nSPS) is 13.5. The fourth-order valence-electron chi connectivity index (χ4n) is 2.95. The summed E-state index contributed by atoms with van der Waals surface area (Å²) in [6.45, 7) is 5.04. The molecular weight excluding hydrogens is 280 g/mol. The van der Waals surface area contributed by atoms with Crippen molar-refractivity contribution in [2.75, 3.05) is 18.0 Å². The third-order valence-corrected chi connectivity index (χ3v) is 4.35. The monoisotopic (exact) mass is 300 g/mol. The highest BCUT2D eigenvalue weighted by atomic mass is 35.5. The van der Waals surface area contributed by atoms with Gasteiger partial charge in [-0.25, -0.2) is 0 Å². The zero-order valence-electron chi connectivity index (χ0n) is 12.4. The van der Waals surface area contributed by atoms with E-state index in [2.05, 4.69) is 47.5 Å². The van der Waals surface area contributed by atoms with E-state index < -0.39 is 0 Å². The molecule has 0 atom stereocenters. The van der Waals surface area contributed by atoms with Gasteiger partial charge >= 0.3 is 0 Å². The zero-order valence-corrected chi connectivity index (χ0v) is 13.2. The van der Waals surface area contributed by atoms with E-state index in [4.69, 9.17) is 11.6 Å². The van der Waals surface area contributed by atoms with Gasteiger partial charge in [0, 0.05) is 35.1 Å². The van der Waals surface area contributed by atoms with Gasteiger partial charge in [0.2, 0.25) is 0 Å². The Labute approximate surface area is 131 Å². The third-order valence-electron chi connectivity index (χ3n) is 4.00. The van der Waals surface area contributed by atoms with Crippen molar-refractivity contribution in [3.63, 3.8) is 0 Å². The lowest BCUT2D eigenvalue weighted by atomic mass is 10.1. The first-order valence-electron chi connectivity index (χ1n) is 7.65. The van der Waals surface area contributed by atoms with E-state index >= 15 is 0 Å². The lowest BCUT2D eigenvalue weighted by Gasteiger charge is -2.24. The Hall–Kier alpha value is -1.51. The van der Waals surface area contributed by atoms with Crippen LogP contribution >= 0.6 is 11.6 Å². The average molecular weight is 301 g/mol. The van der Waals surface area contributed by atoms with Gasteiger partial charge in [0.15, 0.2) is 0 Å². The molecule has 3 rings (SSSR count). The molecule has 0 aromatic heterocycles. The van der Waals surface area contributed by atoms with Crippen LogP contribution < -0.4 is 10.2 Å². The van der Waals surface area contributed by atoms with Crippen LogP contribution in [0.15, 0.2) is 42.5 Å². The summed E-state index contributed by atoms with van der Waals surface area (Å²) >= 11 is 6.45. The van der Waals surface area contributed by atoms with Gasteiger partial charge in [0.05, 0.1) is 0 Å². The van der Waals surface area contributed by atoms with E-state index in [0.717, 1.165) is 37.5 Å². The number of nitrogens with one attached hydrogen (secondary N) is 1. The highest BCUT2D eigenvalue weighted by Crippen LogP contribution is 2.38. The Balaban J connectivity index is 1.94. The van der Waals surface area contributed by atoms with Crippen LogP contribution in [-0.2, 0) is 13.0 Å². The number of halogens is 1. The number of fused-ring (bicyclic) bond motifs is 1. The van der Waals surface area contributed by atoms with Gasteiger partial charge in [-0.15, -0.1) is 0 Å². The highest BCUT2D eigenvalue weighted by Gasteiger charge is 2.22. The second-order valence-corrected chi connectivity index (χ2v) is 5.85. The van der Waals surface area contributed by atoms with Crippen molar-refractivity contribution in [2.45, 2.75) is 26.3 Å². The smallest absolute Gasteiger partial charge is 0.0471 e. The van der Waals surface area contributed by atoms with Crippen molar-refractivity contribution in [1.29, 1.82) is 0 Å². The van der Waals surface area contributed by atoms with E-state index in [1.807, 2.05) is 12.1 Å². The molecule has 0 radical (unpaired) electrons. The van der Waals surface area contributed by atoms with Crippen LogP contribution in [0, 0.1) is 0 Å². The van der Waals surface area contributed by atoms with Crippen LogP contribution in [0.3, 0.4) is 0 Å². The maximum atomic E-state index is 6.45. The summed E-state index contributed by atoms with van der Waals surface area (Å²) in [5.74, 6) is 0. The third kappa shape index (κ3) is 2.92. The molecule has 0 unspecified atom stereocenters. The zero-order chi connectivity index (χ0) is 14.7. The molecule has 0 spiro atoms. The SMILES string of the molecule is CCCNCc1c(Cl)cccc1N1CCc2ccccc21. The predicted octanol–water partition coefficient (Wildman–Crippen LogP) is 4.53. The maximum Gasteiger partial charge on any atom is 0.0471 e. The number of nitrogens with zero attached hydrogens (tertiary/aromatic N) is 1. The Morgan fingerprint density at radius 3 is 2.76 bits per heavy atom. The van der Waals surface area contributed by atoms with Crippen LogP contribution in [0.2, 0.25) is 5.02 Å². The summed E-state index contributed by atoms with van der Waals surface area (Å²) < 4.78 is 0. The van der Waals surface area contributed by atoms with E-state index in [0.29, 0.717) is 0 Å². The summed E-state index contributed by atoms with van der Waals surface area (Å²) in [7, 11) is 0. The van der Waals surface area contributed by atoms with Gasteiger partial charge in [0.1, 0.15) is 0 Å². The summed E-state index contributed by atoms with van der Waals surface area (Å²) in [5.41, 5.74) is 5.17. The van der Waals surface area contributed by atoms with Crippen molar-refractivity contribution in [1.82, 2.24) is 5.32 Å². The largest absolute Gasteiger partial charge is 0.341 e. The number of rotatable bonds is 5. The van der Waals surface area contributed by atoms with Crippen LogP contribution in [0.25, 0.3) is 0 Å². The van der Waals surface area contributed by atoms with Gasteiger partial charge in [0.25, 0.3) is 0 Å². The molecule has 3 heteroatoms. The molecule has 1 aliphatic heterocycles. The van der Waals surface area contributed by atoms with Gasteiger partial charge < -0.3 is 10.2 Å². The molecule has 1 N–H and O–H groups in total. The number of hydrogen-bond acceptors (Lipinski definition) is 2. The highest BCUT2D eigenvalue weighted by molar-refractivity contribution is 6.31. The van der Waals surface area contributed by atoms with Crippen molar-refractivity contribution >= 4 is 23.0 Å². The van der Waals surface area contributed by atoms with Crippen LogP contribution in [0.1, 0.15) is 24.5 Å². The molecule has 0 aliphatic carbocycles. The molecule has 0 amide bonds. The van der Waals surface area contributed by atoms with Gasteiger partial charge in [-0.2, -0.15) is 0 Å². The van der Waals surface area contributed by atoms with Crippen molar-refractivity contribution in [2.24, 2.45) is 0 Å². The second kappa shape index (κ2) is 6.50. The van der Waals surface area contributed by atoms with Crippen LogP contribution in [0.4, 0.5) is 11.4 Å². The molecule has 1 heterocycles. The summed E-state index contributed by atoms with van der Waals surface area (Å²) in [5, 5.41) is 4.32. The van der Waals surface area contributed by atoms with Crippen LogP contribution in [0.5, 0.6) is 0 Å². The van der Waals surface area contributed by atoms with E-state index in [9.17, 15) is 0 Å². The maximum absolute atomic E-state index is 6.45. The molecule has 1 aliphatic rings. The lowest BCUT2D eigenvalue weighted by molar-refractivity contribution is 0.675. The molecule has 0 bridgehead atoms. The van der Waals surface area contributed by atoms with E-state index in [1.165, 1.54) is 22.5 Å². The van der Waals surface area contributed by atoms with Gasteiger partial charge in [-0.05, 0) is 43.1 Å². The fourth-order valence-corrected chi connectivity index (χ4v) is 3.19. The standard InChI is InChI=1S/C18H21ClN2/c1-2-11-20-13-15-16(19)7-5-9-18(15)21-12-10-14-6-3-4-8-17(14)21/h3-9,20H,2,10-13H2,1H3. The summed E-state index contributed by atoms with van der Waals surface area (Å²) in [4.78, 5) is 2.39. The summed E-state index contributed by atoms with van der Waals surface area (Å²) in [6.07, 6.45) is 2.23. The molecule has 0 saturated heterocycles. The molecule has 2 nitrogen and oxygen atoms in total. The minimum Gasteiger partial charge on any atom is -0.341 e. The van der Waals surface area contributed by atoms with Gasteiger partial charge in [-0.3, -0.25) is 0 Å². The number of para-hydroxylation sites is 1. The molecule has 0 saturated carbocycles. The van der Waals surface area contributed by atoms with E-state index in [1.54, 1.807) is 0 Å². The van der Waals surface area contributed by atoms with Crippen molar-refractivity contribution < 1.29 is 0 Å². The molecule has 21 heavy (non-hydrogen) atoms. The second-order valence-electron chi connectivity index (χ2n) is 5.44. The molecule has 2 aromatic rings. The number of hydrogen-bond donors (Lipinski definition) is 1. The molecule has 110 valence electrons. The molecule has 0 fully saturated rings. The Bertz CT molecular complexity index is 624. The fraction of sp³-hybridized carbons (Fsp3) is 0.333. The topological polar surface area (TPSA) is 15.3 Å². The number of anilines is 2. The first-order chi connectivity index (χ1) is 10.3. The summed E-state index contributed by atoms with van der Waals surface area (Å²) in [6, 6.07) is 14.8. The Morgan fingerprint density at radius 2 is 1.90 bits per heavy atom. The predicted molar refractivity (Wildman–Crippen MR) is 90.6 cm³/mol. The lowest BCUT2D eigenvalue weighted by Crippen LogP contribution is -2.20. The molecular formula is C18H21ClN2. The van der Waals surface area contributed by atoms with E-state index in [-0.39, 0.29) is 0 Å². The van der Waals surface area contributed by atoms with Gasteiger partial charge in [-0.1, -0.05) is 42.8 Å². The first kappa shape index (κ1) is 14.4. The first-order valence-corrected chi connectivity index (χ1v) is 8.02. The van der Waals surface area contributed by atoms with Crippen LogP contribution in [-0.4, -0.2) is 13.1 Å². The molecule has 2 aromatic carbocycles. The Kier molecular flexibility index (Phi) is 4.47. The minimum atomic E-state index is 0.821. The minimum absolute atomic E-state index is 0.821. The Morgan fingerprint density at radius 1 is 1.10 bits per heavy atom. The number of benzene rings is 2. The van der Waals surface area contributed by atoms with Crippen molar-refractivity contribution in [3.05, 3.63) is 58.6 Å².